The molecule has 0 saturated heterocycles. The van der Waals surface area contributed by atoms with E-state index in [1.165, 1.54) is 6.07 Å². The van der Waals surface area contributed by atoms with E-state index in [4.69, 9.17) is 11.6 Å². The smallest absolute Gasteiger partial charge is 0.160 e. The van der Waals surface area contributed by atoms with Gasteiger partial charge in [-0.05, 0) is 57.9 Å². The number of rotatable bonds is 4. The van der Waals surface area contributed by atoms with Crippen LogP contribution in [0.2, 0.25) is 5.02 Å². The number of halogens is 5. The lowest BCUT2D eigenvalue weighted by atomic mass is 9.98. The van der Waals surface area contributed by atoms with Crippen LogP contribution in [0.3, 0.4) is 0 Å². The van der Waals surface area contributed by atoms with Crippen LogP contribution in [0.1, 0.15) is 24.1 Å². The van der Waals surface area contributed by atoms with E-state index < -0.39 is 23.5 Å². The van der Waals surface area contributed by atoms with Gasteiger partial charge in [-0.1, -0.05) is 24.6 Å². The third-order valence-corrected chi connectivity index (χ3v) is 3.97. The highest BCUT2D eigenvalue weighted by Crippen LogP contribution is 2.32. The molecule has 2 rings (SSSR count). The zero-order valence-corrected chi connectivity index (χ0v) is 13.4. The monoisotopic (exact) mass is 377 g/mol. The van der Waals surface area contributed by atoms with Crippen molar-refractivity contribution in [2.45, 2.75) is 13.0 Å². The summed E-state index contributed by atoms with van der Waals surface area (Å²) in [5.74, 6) is -2.37. The first kappa shape index (κ1) is 16.3. The van der Waals surface area contributed by atoms with Gasteiger partial charge in [-0.25, -0.2) is 13.2 Å². The van der Waals surface area contributed by atoms with E-state index in [0.29, 0.717) is 22.1 Å². The summed E-state index contributed by atoms with van der Waals surface area (Å²) in [5, 5.41) is 3.24. The maximum Gasteiger partial charge on any atom is 0.160 e. The van der Waals surface area contributed by atoms with Crippen molar-refractivity contribution in [3.63, 3.8) is 0 Å². The topological polar surface area (TPSA) is 12.0 Å². The molecule has 0 aliphatic carbocycles. The summed E-state index contributed by atoms with van der Waals surface area (Å²) in [4.78, 5) is 0. The van der Waals surface area contributed by atoms with Gasteiger partial charge in [0.25, 0.3) is 0 Å². The Morgan fingerprint density at radius 1 is 1.10 bits per heavy atom. The minimum Gasteiger partial charge on any atom is -0.306 e. The number of nitrogens with one attached hydrogen (secondary N) is 1. The zero-order valence-electron chi connectivity index (χ0n) is 11.1. The fourth-order valence-corrected chi connectivity index (χ4v) is 2.72. The lowest BCUT2D eigenvalue weighted by molar-refractivity contribution is 0.504. The molecule has 0 aliphatic rings. The lowest BCUT2D eigenvalue weighted by Gasteiger charge is -2.21. The molecule has 112 valence electrons. The third-order valence-electron chi connectivity index (χ3n) is 3.04. The molecule has 0 aromatic heterocycles. The zero-order chi connectivity index (χ0) is 15.6. The maximum absolute atomic E-state index is 13.5. The van der Waals surface area contributed by atoms with Gasteiger partial charge in [0.1, 0.15) is 5.82 Å². The molecule has 0 saturated carbocycles. The first-order chi connectivity index (χ1) is 9.93. The van der Waals surface area contributed by atoms with Crippen LogP contribution < -0.4 is 5.32 Å². The van der Waals surface area contributed by atoms with Gasteiger partial charge in [0.15, 0.2) is 11.6 Å². The Balaban J connectivity index is 2.52. The Kier molecular flexibility index (Phi) is 5.30. The molecule has 0 spiro atoms. The highest BCUT2D eigenvalue weighted by molar-refractivity contribution is 9.10. The minimum atomic E-state index is -1.00. The highest BCUT2D eigenvalue weighted by Gasteiger charge is 2.19. The molecule has 0 heterocycles. The standard InChI is InChI=1S/C15H12BrClF3N/c1-2-21-15(8-3-4-12(18)10(16)5-8)9-6-13(19)14(20)7-11(9)17/h3-7,15,21H,2H2,1H3. The SMILES string of the molecule is CCNC(c1ccc(F)c(Br)c1)c1cc(F)c(F)cc1Cl. The summed E-state index contributed by atoms with van der Waals surface area (Å²) in [6.45, 7) is 2.45. The molecule has 0 radical (unpaired) electrons. The summed E-state index contributed by atoms with van der Waals surface area (Å²) in [6, 6.07) is 6.00. The molecule has 0 aliphatic heterocycles. The van der Waals surface area contributed by atoms with Gasteiger partial charge in [0.05, 0.1) is 10.5 Å². The van der Waals surface area contributed by atoms with Crippen LogP contribution in [0.5, 0.6) is 0 Å². The summed E-state index contributed by atoms with van der Waals surface area (Å²) in [5.41, 5.74) is 1.09. The van der Waals surface area contributed by atoms with E-state index in [9.17, 15) is 13.2 Å². The second kappa shape index (κ2) is 6.81. The molecule has 0 fully saturated rings. The fraction of sp³-hybridized carbons (Fsp3) is 0.200. The van der Waals surface area contributed by atoms with E-state index >= 15 is 0 Å². The third kappa shape index (κ3) is 3.59. The molecular weight excluding hydrogens is 367 g/mol. The van der Waals surface area contributed by atoms with Crippen molar-refractivity contribution < 1.29 is 13.2 Å². The highest BCUT2D eigenvalue weighted by atomic mass is 79.9. The van der Waals surface area contributed by atoms with E-state index in [-0.39, 0.29) is 5.02 Å². The predicted octanol–water partition coefficient (Wildman–Crippen LogP) is 5.22. The summed E-state index contributed by atoms with van der Waals surface area (Å²) < 4.78 is 40.3. The summed E-state index contributed by atoms with van der Waals surface area (Å²) in [6.07, 6.45) is 0. The van der Waals surface area contributed by atoms with Gasteiger partial charge in [-0.2, -0.15) is 0 Å². The van der Waals surface area contributed by atoms with Crippen molar-refractivity contribution in [1.82, 2.24) is 5.32 Å². The van der Waals surface area contributed by atoms with E-state index in [1.54, 1.807) is 12.1 Å². The van der Waals surface area contributed by atoms with Crippen molar-refractivity contribution >= 4 is 27.5 Å². The summed E-state index contributed by atoms with van der Waals surface area (Å²) in [7, 11) is 0. The Hall–Kier alpha value is -1.04. The van der Waals surface area contributed by atoms with E-state index in [0.717, 1.165) is 12.1 Å². The Bertz CT molecular complexity index is 664. The van der Waals surface area contributed by atoms with Gasteiger partial charge < -0.3 is 5.32 Å². The largest absolute Gasteiger partial charge is 0.306 e. The molecule has 2 aromatic carbocycles. The van der Waals surface area contributed by atoms with Crippen molar-refractivity contribution in [2.75, 3.05) is 6.54 Å². The van der Waals surface area contributed by atoms with Crippen LogP contribution in [0.15, 0.2) is 34.8 Å². The van der Waals surface area contributed by atoms with Crippen molar-refractivity contribution in [1.29, 1.82) is 0 Å². The van der Waals surface area contributed by atoms with Crippen LogP contribution >= 0.6 is 27.5 Å². The van der Waals surface area contributed by atoms with Crippen LogP contribution in [-0.2, 0) is 0 Å². The Morgan fingerprint density at radius 3 is 2.38 bits per heavy atom. The van der Waals surface area contributed by atoms with Crippen LogP contribution in [0.25, 0.3) is 0 Å². The second-order valence-corrected chi connectivity index (χ2v) is 5.71. The first-order valence-electron chi connectivity index (χ1n) is 6.26. The first-order valence-corrected chi connectivity index (χ1v) is 7.44. The Labute approximate surface area is 134 Å². The van der Waals surface area contributed by atoms with Crippen LogP contribution in [-0.4, -0.2) is 6.54 Å². The minimum absolute atomic E-state index is 0.111. The van der Waals surface area contributed by atoms with Gasteiger partial charge in [0.2, 0.25) is 0 Å². The fourth-order valence-electron chi connectivity index (χ4n) is 2.06. The number of benzene rings is 2. The van der Waals surface area contributed by atoms with Gasteiger partial charge >= 0.3 is 0 Å². The lowest BCUT2D eigenvalue weighted by Crippen LogP contribution is -2.22. The maximum atomic E-state index is 13.5. The number of hydrogen-bond donors (Lipinski definition) is 1. The van der Waals surface area contributed by atoms with Crippen molar-refractivity contribution in [2.24, 2.45) is 0 Å². The molecule has 1 N–H and O–H groups in total. The average molecular weight is 379 g/mol. The molecule has 6 heteroatoms. The van der Waals surface area contributed by atoms with Crippen LogP contribution in [0.4, 0.5) is 13.2 Å². The quantitative estimate of drug-likeness (QED) is 0.719. The molecular formula is C15H12BrClF3N. The van der Waals surface area contributed by atoms with Gasteiger partial charge in [0, 0.05) is 5.02 Å². The number of hydrogen-bond acceptors (Lipinski definition) is 1. The average Bonchev–Trinajstić information content (AvgIpc) is 2.44. The second-order valence-electron chi connectivity index (χ2n) is 4.45. The molecule has 0 bridgehead atoms. The molecule has 2 aromatic rings. The molecule has 1 atom stereocenters. The van der Waals surface area contributed by atoms with Gasteiger partial charge in [-0.15, -0.1) is 0 Å². The van der Waals surface area contributed by atoms with Crippen molar-refractivity contribution in [3.8, 4) is 0 Å². The van der Waals surface area contributed by atoms with E-state index in [1.807, 2.05) is 6.92 Å². The normalized spacial score (nSPS) is 12.5. The Morgan fingerprint density at radius 2 is 1.76 bits per heavy atom. The van der Waals surface area contributed by atoms with Crippen molar-refractivity contribution in [3.05, 3.63) is 68.4 Å². The summed E-state index contributed by atoms with van der Waals surface area (Å²) >= 11 is 9.13. The molecule has 21 heavy (non-hydrogen) atoms. The predicted molar refractivity (Wildman–Crippen MR) is 81.0 cm³/mol. The van der Waals surface area contributed by atoms with Gasteiger partial charge in [-0.3, -0.25) is 0 Å². The molecule has 1 nitrogen and oxygen atoms in total. The van der Waals surface area contributed by atoms with Crippen LogP contribution in [0, 0.1) is 17.5 Å². The molecule has 1 unspecified atom stereocenters. The molecule has 0 amide bonds. The van der Waals surface area contributed by atoms with E-state index in [2.05, 4.69) is 21.2 Å².